The van der Waals surface area contributed by atoms with Crippen molar-refractivity contribution in [3.63, 3.8) is 0 Å². The van der Waals surface area contributed by atoms with Gasteiger partial charge in [0, 0.05) is 17.1 Å². The van der Waals surface area contributed by atoms with Gasteiger partial charge < -0.3 is 17.1 Å². The van der Waals surface area contributed by atoms with Crippen LogP contribution in [0.5, 0.6) is 0 Å². The highest BCUT2D eigenvalue weighted by Crippen LogP contribution is 2.14. The van der Waals surface area contributed by atoms with Gasteiger partial charge >= 0.3 is 6.09 Å². The number of Topliss-reactive ketones (excluding diaryl/α,β-unsaturated/α-hetero) is 1. The summed E-state index contributed by atoms with van der Waals surface area (Å²) in [6, 6.07) is 6.80. The Morgan fingerprint density at radius 2 is 2.10 bits per heavy atom. The zero-order valence-corrected chi connectivity index (χ0v) is 13.6. The molecule has 7 heteroatoms. The average molecular weight is 335 g/mol. The maximum absolute atomic E-state index is 11.6. The minimum atomic E-state index is -0.561. The Hall–Kier alpha value is -1.30. The normalized spacial score (nSPS) is 11.2. The van der Waals surface area contributed by atoms with Crippen LogP contribution in [0.25, 0.3) is 0 Å². The van der Waals surface area contributed by atoms with Gasteiger partial charge in [0.05, 0.1) is 7.05 Å². The lowest BCUT2D eigenvalue weighted by Gasteiger charge is -2.13. The lowest BCUT2D eigenvalue weighted by molar-refractivity contribution is -0.889. The van der Waals surface area contributed by atoms with E-state index in [9.17, 15) is 9.59 Å². The number of hydrogen-bond donors (Lipinski definition) is 2. The van der Waals surface area contributed by atoms with E-state index in [1.807, 2.05) is 6.92 Å². The predicted octanol–water partition coefficient (Wildman–Crippen LogP) is -1.27. The van der Waals surface area contributed by atoms with Crippen molar-refractivity contribution in [2.75, 3.05) is 25.6 Å². The first-order valence-corrected chi connectivity index (χ1v) is 6.91. The summed E-state index contributed by atoms with van der Waals surface area (Å²) in [6.45, 7) is 2.46. The molecule has 1 atom stereocenters. The fourth-order valence-electron chi connectivity index (χ4n) is 1.66. The van der Waals surface area contributed by atoms with E-state index in [-0.39, 0.29) is 24.9 Å². The molecule has 0 heterocycles. The molecular weight excluding hydrogens is 315 g/mol. The van der Waals surface area contributed by atoms with Gasteiger partial charge in [-0.2, -0.15) is 0 Å². The van der Waals surface area contributed by atoms with Gasteiger partial charge in [-0.25, -0.2) is 4.79 Å². The van der Waals surface area contributed by atoms with Crippen LogP contribution in [0, 0.1) is 0 Å². The number of ketones is 1. The van der Waals surface area contributed by atoms with Crippen LogP contribution in [0.15, 0.2) is 24.3 Å². The highest BCUT2D eigenvalue weighted by atomic mass is 35.5. The molecule has 1 unspecified atom stereocenters. The van der Waals surface area contributed by atoms with Crippen LogP contribution in [0.3, 0.4) is 0 Å². The Morgan fingerprint density at radius 3 is 2.71 bits per heavy atom. The number of anilines is 1. The van der Waals surface area contributed by atoms with E-state index in [0.717, 1.165) is 11.3 Å². The summed E-state index contributed by atoms with van der Waals surface area (Å²) in [5.74, 6) is 0.170. The third kappa shape index (κ3) is 8.55. The molecule has 0 aliphatic rings. The van der Waals surface area contributed by atoms with Gasteiger partial charge in [0.25, 0.3) is 0 Å². The Bertz CT molecular complexity index is 469. The smallest absolute Gasteiger partial charge is 0.415 e. The molecule has 0 saturated carbocycles. The summed E-state index contributed by atoms with van der Waals surface area (Å²) in [4.78, 5) is 23.8. The van der Waals surface area contributed by atoms with Crippen molar-refractivity contribution in [1.29, 1.82) is 0 Å². The maximum Gasteiger partial charge on any atom is 0.415 e. The number of nitrogens with one attached hydrogen (secondary N) is 2. The van der Waals surface area contributed by atoms with Crippen LogP contribution < -0.4 is 22.6 Å². The number of halogens is 2. The van der Waals surface area contributed by atoms with Crippen LogP contribution in [0.4, 0.5) is 10.5 Å². The lowest BCUT2D eigenvalue weighted by atomic mass is 10.2. The topological polar surface area (TPSA) is 59.8 Å². The molecule has 1 aromatic carbocycles. The van der Waals surface area contributed by atoms with Gasteiger partial charge in [-0.05, 0) is 24.6 Å². The third-order valence-electron chi connectivity index (χ3n) is 2.55. The quantitative estimate of drug-likeness (QED) is 0.611. The maximum atomic E-state index is 11.6. The molecule has 0 spiro atoms. The van der Waals surface area contributed by atoms with E-state index in [0.29, 0.717) is 23.7 Å². The predicted molar refractivity (Wildman–Crippen MR) is 78.1 cm³/mol. The Balaban J connectivity index is 0.00000400. The first-order chi connectivity index (χ1) is 9.51. The molecule has 0 radical (unpaired) electrons. The van der Waals surface area contributed by atoms with Crippen molar-refractivity contribution in [2.24, 2.45) is 0 Å². The summed E-state index contributed by atoms with van der Waals surface area (Å²) in [7, 11) is 1.81. The van der Waals surface area contributed by atoms with Crippen molar-refractivity contribution in [2.45, 2.75) is 19.8 Å². The van der Waals surface area contributed by atoms with Crippen molar-refractivity contribution in [3.8, 4) is 0 Å². The fourth-order valence-corrected chi connectivity index (χ4v) is 1.85. The van der Waals surface area contributed by atoms with E-state index >= 15 is 0 Å². The summed E-state index contributed by atoms with van der Waals surface area (Å²) in [5, 5.41) is 3.11. The summed E-state index contributed by atoms with van der Waals surface area (Å²) >= 11 is 5.81. The van der Waals surface area contributed by atoms with Crippen molar-refractivity contribution >= 4 is 29.2 Å². The number of benzene rings is 1. The first-order valence-electron chi connectivity index (χ1n) is 6.53. The molecule has 2 N–H and O–H groups in total. The Kier molecular flexibility index (Phi) is 9.78. The molecule has 21 heavy (non-hydrogen) atoms. The number of hydrogen-bond acceptors (Lipinski definition) is 3. The van der Waals surface area contributed by atoms with Gasteiger partial charge in [0.15, 0.2) is 5.78 Å². The first kappa shape index (κ1) is 19.7. The molecule has 0 aliphatic heterocycles. The van der Waals surface area contributed by atoms with Crippen LogP contribution in [0.2, 0.25) is 5.02 Å². The molecule has 1 rings (SSSR count). The molecule has 5 nitrogen and oxygen atoms in total. The highest BCUT2D eigenvalue weighted by molar-refractivity contribution is 6.30. The van der Waals surface area contributed by atoms with Crippen LogP contribution >= 0.6 is 11.6 Å². The zero-order valence-electron chi connectivity index (χ0n) is 12.1. The number of rotatable bonds is 7. The fraction of sp³-hybridized carbons (Fsp3) is 0.429. The standard InChI is InChI=1S/C14H19ClN2O3.ClH/c1-3-5-13(18)9-17(2)10-20-14(19)16-12-7-4-6-11(15)8-12;/h4,6-8H,3,5,9-10H2,1-2H3,(H,16,19);1H. The van der Waals surface area contributed by atoms with E-state index in [4.69, 9.17) is 16.3 Å². The van der Waals surface area contributed by atoms with Gasteiger partial charge in [0.2, 0.25) is 6.73 Å². The summed E-state index contributed by atoms with van der Waals surface area (Å²) in [6.07, 6.45) is 0.837. The summed E-state index contributed by atoms with van der Waals surface area (Å²) < 4.78 is 5.04. The molecule has 0 bridgehead atoms. The van der Waals surface area contributed by atoms with Crippen LogP contribution in [0.1, 0.15) is 19.8 Å². The van der Waals surface area contributed by atoms with Crippen molar-refractivity contribution in [3.05, 3.63) is 29.3 Å². The molecule has 1 amide bonds. The second-order valence-electron chi connectivity index (χ2n) is 4.63. The molecular formula is C14H20Cl2N2O3. The van der Waals surface area contributed by atoms with Gasteiger partial charge in [0.1, 0.15) is 6.54 Å². The Labute approximate surface area is 136 Å². The third-order valence-corrected chi connectivity index (χ3v) is 2.78. The highest BCUT2D eigenvalue weighted by Gasteiger charge is 2.11. The largest absolute Gasteiger partial charge is 1.00 e. The number of carbonyl (C=O) groups is 2. The molecule has 0 fully saturated rings. The number of ether oxygens (including phenoxy) is 1. The monoisotopic (exact) mass is 334 g/mol. The van der Waals surface area contributed by atoms with Gasteiger partial charge in [-0.1, -0.05) is 24.6 Å². The second-order valence-corrected chi connectivity index (χ2v) is 5.07. The van der Waals surface area contributed by atoms with Gasteiger partial charge in [-0.15, -0.1) is 0 Å². The van der Waals surface area contributed by atoms with E-state index in [1.165, 1.54) is 0 Å². The zero-order chi connectivity index (χ0) is 15.0. The van der Waals surface area contributed by atoms with E-state index < -0.39 is 6.09 Å². The van der Waals surface area contributed by atoms with Crippen LogP contribution in [-0.2, 0) is 9.53 Å². The number of carbonyl (C=O) groups excluding carboxylic acids is 2. The molecule has 0 aromatic heterocycles. The number of quaternary nitrogens is 1. The average Bonchev–Trinajstić information content (AvgIpc) is 2.36. The van der Waals surface area contributed by atoms with Crippen molar-refractivity contribution < 1.29 is 31.6 Å². The molecule has 0 aliphatic carbocycles. The van der Waals surface area contributed by atoms with E-state index in [1.54, 1.807) is 31.3 Å². The number of likely N-dealkylation sites (N-methyl/N-ethyl adjacent to an activating group) is 1. The second kappa shape index (κ2) is 10.4. The van der Waals surface area contributed by atoms with Crippen molar-refractivity contribution in [1.82, 2.24) is 0 Å². The Morgan fingerprint density at radius 1 is 1.38 bits per heavy atom. The van der Waals surface area contributed by atoms with Crippen LogP contribution in [-0.4, -0.2) is 32.2 Å². The minimum Gasteiger partial charge on any atom is -1.00 e. The molecule has 1 aromatic rings. The summed E-state index contributed by atoms with van der Waals surface area (Å²) in [5.41, 5.74) is 0.571. The van der Waals surface area contributed by atoms with E-state index in [2.05, 4.69) is 5.32 Å². The number of amides is 1. The lowest BCUT2D eigenvalue weighted by Crippen LogP contribution is -3.10. The molecule has 118 valence electrons. The molecule has 0 saturated heterocycles. The van der Waals surface area contributed by atoms with Gasteiger partial charge in [-0.3, -0.25) is 15.0 Å². The SMILES string of the molecule is CCCC(=O)C[NH+](C)COC(=O)Nc1cccc(Cl)c1.[Cl-]. The minimum absolute atomic E-state index is 0.